The topological polar surface area (TPSA) is 156 Å². The van der Waals surface area contributed by atoms with Crippen LogP contribution in [0.15, 0.2) is 24.3 Å². The monoisotopic (exact) mass is 495 g/mol. The first-order valence-electron chi connectivity index (χ1n) is 12.0. The van der Waals surface area contributed by atoms with Gasteiger partial charge in [-0.15, -0.1) is 0 Å². The lowest BCUT2D eigenvalue weighted by molar-refractivity contribution is -0.236. The molecule has 190 valence electrons. The summed E-state index contributed by atoms with van der Waals surface area (Å²) in [7, 11) is 0. The second-order valence-electron chi connectivity index (χ2n) is 10.2. The number of hydrogen-bond acceptors (Lipinski definition) is 9. The second-order valence-corrected chi connectivity index (χ2v) is 10.2. The lowest BCUT2D eigenvalue weighted by Gasteiger charge is -2.42. The quantitative estimate of drug-likeness (QED) is 0.400. The molecule has 0 radical (unpaired) electrons. The van der Waals surface area contributed by atoms with Crippen LogP contribution in [0.25, 0.3) is 0 Å². The highest BCUT2D eigenvalue weighted by molar-refractivity contribution is 6.30. The van der Waals surface area contributed by atoms with E-state index in [0.29, 0.717) is 6.42 Å². The predicted octanol–water partition coefficient (Wildman–Crippen LogP) is 2.30. The lowest BCUT2D eigenvalue weighted by Crippen LogP contribution is -2.49. The van der Waals surface area contributed by atoms with Crippen molar-refractivity contribution < 1.29 is 39.2 Å². The summed E-state index contributed by atoms with van der Waals surface area (Å²) >= 11 is 0. The van der Waals surface area contributed by atoms with Gasteiger partial charge in [0.2, 0.25) is 0 Å². The van der Waals surface area contributed by atoms with Crippen LogP contribution in [0, 0.1) is 5.92 Å². The number of benzene rings is 2. The van der Waals surface area contributed by atoms with Crippen LogP contribution in [-0.4, -0.2) is 56.7 Å². The number of carbonyl (C=O) groups is 3. The first-order valence-corrected chi connectivity index (χ1v) is 12.0. The summed E-state index contributed by atoms with van der Waals surface area (Å²) in [6.45, 7) is 5.05. The van der Waals surface area contributed by atoms with E-state index in [9.17, 15) is 29.7 Å². The largest absolute Gasteiger partial charge is 0.507 e. The van der Waals surface area contributed by atoms with Crippen LogP contribution in [0.3, 0.4) is 0 Å². The Morgan fingerprint density at radius 3 is 2.22 bits per heavy atom. The standard InChI is InChI=1S/C27H29NO8/c1-11-12(2)35-19(8-17(11)28)36-18-10-27(34,13(3)29)9-16-20(18)26(33)22-21(25(16)32)23(30)14-6-4-5-7-15(14)24(22)31/h4-7,11-12,17-19,32-34H,8-10,28H2,1-3H3/t11-,12+,17+,18+,19+,27+/m1/s1. The van der Waals surface area contributed by atoms with Gasteiger partial charge in [0.15, 0.2) is 23.6 Å². The summed E-state index contributed by atoms with van der Waals surface area (Å²) in [4.78, 5) is 39.1. The first kappa shape index (κ1) is 24.6. The van der Waals surface area contributed by atoms with Gasteiger partial charge in [-0.2, -0.15) is 0 Å². The zero-order valence-electron chi connectivity index (χ0n) is 20.3. The molecular weight excluding hydrogens is 466 g/mol. The van der Waals surface area contributed by atoms with E-state index < -0.39 is 46.8 Å². The number of aliphatic hydroxyl groups is 1. The molecule has 5 N–H and O–H groups in total. The Morgan fingerprint density at radius 1 is 1.08 bits per heavy atom. The van der Waals surface area contributed by atoms with Gasteiger partial charge in [-0.25, -0.2) is 0 Å². The van der Waals surface area contributed by atoms with Gasteiger partial charge < -0.3 is 30.5 Å². The number of hydrogen-bond donors (Lipinski definition) is 4. The van der Waals surface area contributed by atoms with E-state index in [4.69, 9.17) is 15.2 Å². The van der Waals surface area contributed by atoms with Crippen molar-refractivity contribution >= 4 is 17.3 Å². The Hall–Kier alpha value is -3.11. The minimum atomic E-state index is -1.93. The minimum Gasteiger partial charge on any atom is -0.507 e. The summed E-state index contributed by atoms with van der Waals surface area (Å²) in [5.41, 5.74) is 3.92. The number of rotatable bonds is 3. The van der Waals surface area contributed by atoms with E-state index in [0.717, 1.165) is 0 Å². The van der Waals surface area contributed by atoms with Crippen LogP contribution in [0.5, 0.6) is 11.5 Å². The Labute approximate surface area is 207 Å². The average Bonchev–Trinajstić information content (AvgIpc) is 2.82. The molecule has 5 rings (SSSR count). The smallest absolute Gasteiger partial charge is 0.198 e. The fraction of sp³-hybridized carbons (Fsp3) is 0.444. The molecule has 9 nitrogen and oxygen atoms in total. The number of ketones is 3. The average molecular weight is 496 g/mol. The van der Waals surface area contributed by atoms with Crippen LogP contribution in [0.1, 0.15) is 82.7 Å². The van der Waals surface area contributed by atoms with Crippen molar-refractivity contribution in [3.05, 3.63) is 57.6 Å². The van der Waals surface area contributed by atoms with E-state index >= 15 is 0 Å². The molecule has 3 aliphatic rings. The van der Waals surface area contributed by atoms with Crippen molar-refractivity contribution in [1.29, 1.82) is 0 Å². The fourth-order valence-corrected chi connectivity index (χ4v) is 5.54. The van der Waals surface area contributed by atoms with Gasteiger partial charge in [0, 0.05) is 47.6 Å². The number of nitrogens with two attached hydrogens (primary N) is 1. The van der Waals surface area contributed by atoms with Gasteiger partial charge in [-0.3, -0.25) is 14.4 Å². The molecule has 2 aliphatic carbocycles. The Balaban J connectivity index is 1.66. The van der Waals surface area contributed by atoms with Gasteiger partial charge in [-0.05, 0) is 19.8 Å². The number of phenolic OH excluding ortho intramolecular Hbond substituents is 2. The minimum absolute atomic E-state index is 0.0118. The highest BCUT2D eigenvalue weighted by atomic mass is 16.7. The molecule has 0 aromatic heterocycles. The van der Waals surface area contributed by atoms with Crippen LogP contribution in [-0.2, 0) is 20.7 Å². The lowest BCUT2D eigenvalue weighted by atomic mass is 9.72. The number of Topliss-reactive ketones (excluding diaryl/α,β-unsaturated/α-hetero) is 1. The molecule has 1 saturated heterocycles. The van der Waals surface area contributed by atoms with Crippen molar-refractivity contribution in [2.45, 2.75) is 70.2 Å². The fourth-order valence-electron chi connectivity index (χ4n) is 5.54. The van der Waals surface area contributed by atoms with Crippen LogP contribution in [0.2, 0.25) is 0 Å². The van der Waals surface area contributed by atoms with E-state index in [1.54, 1.807) is 12.1 Å². The summed E-state index contributed by atoms with van der Waals surface area (Å²) in [6, 6.07) is 5.93. The molecule has 0 saturated carbocycles. The highest BCUT2D eigenvalue weighted by Gasteiger charge is 2.49. The molecule has 1 heterocycles. The third kappa shape index (κ3) is 3.57. The molecule has 0 amide bonds. The van der Waals surface area contributed by atoms with Crippen LogP contribution < -0.4 is 5.73 Å². The Kier molecular flexibility index (Phi) is 5.79. The summed E-state index contributed by atoms with van der Waals surface area (Å²) in [5.74, 6) is -2.79. The van der Waals surface area contributed by atoms with Crippen molar-refractivity contribution in [2.75, 3.05) is 0 Å². The number of fused-ring (bicyclic) bond motifs is 3. The van der Waals surface area contributed by atoms with E-state index in [1.165, 1.54) is 19.1 Å². The van der Waals surface area contributed by atoms with E-state index in [1.807, 2.05) is 13.8 Å². The highest BCUT2D eigenvalue weighted by Crippen LogP contribution is 2.52. The molecule has 0 unspecified atom stereocenters. The molecule has 0 spiro atoms. The molecule has 1 fully saturated rings. The number of phenols is 2. The zero-order chi connectivity index (χ0) is 26.1. The normalized spacial score (nSPS) is 31.4. The van der Waals surface area contributed by atoms with Crippen molar-refractivity contribution in [2.24, 2.45) is 11.7 Å². The van der Waals surface area contributed by atoms with Gasteiger partial charge in [0.25, 0.3) is 0 Å². The van der Waals surface area contributed by atoms with Gasteiger partial charge >= 0.3 is 0 Å². The zero-order valence-corrected chi connectivity index (χ0v) is 20.3. The third-order valence-corrected chi connectivity index (χ3v) is 7.99. The van der Waals surface area contributed by atoms with E-state index in [2.05, 4.69) is 0 Å². The Bertz CT molecular complexity index is 1290. The molecule has 1 aliphatic heterocycles. The number of carbonyl (C=O) groups excluding carboxylic acids is 3. The van der Waals surface area contributed by atoms with Gasteiger partial charge in [0.05, 0.1) is 23.3 Å². The molecule has 2 aromatic carbocycles. The van der Waals surface area contributed by atoms with Gasteiger partial charge in [0.1, 0.15) is 17.1 Å². The van der Waals surface area contributed by atoms with E-state index in [-0.39, 0.29) is 64.3 Å². The summed E-state index contributed by atoms with van der Waals surface area (Å²) < 4.78 is 12.1. The van der Waals surface area contributed by atoms with Crippen molar-refractivity contribution in [3.8, 4) is 11.5 Å². The molecule has 0 bridgehead atoms. The third-order valence-electron chi connectivity index (χ3n) is 7.99. The number of ether oxygens (including phenoxy) is 2. The number of aromatic hydroxyl groups is 2. The van der Waals surface area contributed by atoms with Crippen LogP contribution >= 0.6 is 0 Å². The Morgan fingerprint density at radius 2 is 1.67 bits per heavy atom. The molecular formula is C27H29NO8. The molecule has 36 heavy (non-hydrogen) atoms. The van der Waals surface area contributed by atoms with Gasteiger partial charge in [-0.1, -0.05) is 31.2 Å². The first-order chi connectivity index (χ1) is 16.9. The summed E-state index contributed by atoms with van der Waals surface area (Å²) in [5, 5.41) is 33.8. The maximum Gasteiger partial charge on any atom is 0.198 e. The second kappa shape index (κ2) is 8.48. The van der Waals surface area contributed by atoms with Crippen molar-refractivity contribution in [3.63, 3.8) is 0 Å². The molecule has 9 heteroatoms. The summed E-state index contributed by atoms with van der Waals surface area (Å²) in [6.07, 6.45) is -2.41. The SMILES string of the molecule is CC(=O)[C@]1(O)Cc2c(O)c3c(c(O)c2[C@@H](O[C@H]2C[C@H](N)[C@H](C)[C@H](C)O2)C1)C(=O)c1ccccc1C3=O. The maximum absolute atomic E-state index is 13.4. The van der Waals surface area contributed by atoms with Crippen molar-refractivity contribution in [1.82, 2.24) is 0 Å². The molecule has 2 aromatic rings. The molecule has 6 atom stereocenters. The predicted molar refractivity (Wildman–Crippen MR) is 127 cm³/mol. The van der Waals surface area contributed by atoms with Crippen LogP contribution in [0.4, 0.5) is 0 Å². The maximum atomic E-state index is 13.4.